The summed E-state index contributed by atoms with van der Waals surface area (Å²) in [5.41, 5.74) is 8.10. The van der Waals surface area contributed by atoms with Crippen LogP contribution in [-0.4, -0.2) is 59.0 Å². The second-order valence-electron chi connectivity index (χ2n) is 9.18. The van der Waals surface area contributed by atoms with Gasteiger partial charge in [-0.25, -0.2) is 19.9 Å². The van der Waals surface area contributed by atoms with Gasteiger partial charge in [0.1, 0.15) is 17.5 Å². The van der Waals surface area contributed by atoms with Crippen molar-refractivity contribution in [2.45, 2.75) is 38.9 Å². The molecular weight excluding hydrogens is 444 g/mol. The number of aromatic nitrogens is 3. The number of nitrogens with one attached hydrogen (secondary N) is 2. The number of amides is 1. The molecule has 182 valence electrons. The molecule has 2 fully saturated rings. The maximum Gasteiger partial charge on any atom is 0.228 e. The molecule has 10 nitrogen and oxygen atoms in total. The van der Waals surface area contributed by atoms with E-state index in [1.165, 1.54) is 0 Å². The summed E-state index contributed by atoms with van der Waals surface area (Å²) in [6.45, 7) is 5.79. The highest BCUT2D eigenvalue weighted by atomic mass is 16.5. The number of carbonyl (C=O) groups is 1. The quantitative estimate of drug-likeness (QED) is 0.367. The van der Waals surface area contributed by atoms with Crippen LogP contribution in [0.2, 0.25) is 0 Å². The number of aliphatic imine (C=N–C) groups is 1. The van der Waals surface area contributed by atoms with E-state index in [0.717, 1.165) is 42.4 Å². The zero-order valence-electron chi connectivity index (χ0n) is 20.2. The van der Waals surface area contributed by atoms with Crippen molar-refractivity contribution in [2.24, 2.45) is 16.6 Å². The smallest absolute Gasteiger partial charge is 0.228 e. The molecular formula is C25H30N8O2. The van der Waals surface area contributed by atoms with Crippen molar-refractivity contribution in [2.75, 3.05) is 35.7 Å². The number of carbonyl (C=O) groups excluding carboxylic acids is 1. The third-order valence-corrected chi connectivity index (χ3v) is 6.24. The van der Waals surface area contributed by atoms with Gasteiger partial charge in [-0.3, -0.25) is 4.79 Å². The number of hydrogen-bond acceptors (Lipinski definition) is 8. The van der Waals surface area contributed by atoms with E-state index in [2.05, 4.69) is 49.3 Å². The lowest BCUT2D eigenvalue weighted by molar-refractivity contribution is -0.117. The van der Waals surface area contributed by atoms with Gasteiger partial charge in [-0.05, 0) is 44.9 Å². The summed E-state index contributed by atoms with van der Waals surface area (Å²) < 4.78 is 5.82. The maximum absolute atomic E-state index is 12.2. The lowest BCUT2D eigenvalue weighted by atomic mass is 10.1. The zero-order chi connectivity index (χ0) is 24.5. The summed E-state index contributed by atoms with van der Waals surface area (Å²) >= 11 is 0. The first kappa shape index (κ1) is 23.0. The molecule has 10 heteroatoms. The molecule has 1 amide bonds. The molecule has 0 aromatic carbocycles. The monoisotopic (exact) mass is 474 g/mol. The molecule has 2 aliphatic rings. The van der Waals surface area contributed by atoms with Crippen LogP contribution in [0.25, 0.3) is 10.8 Å². The number of fused-ring (bicyclic) bond motifs is 1. The van der Waals surface area contributed by atoms with Crippen LogP contribution in [0.1, 0.15) is 32.3 Å². The van der Waals surface area contributed by atoms with E-state index >= 15 is 0 Å². The molecule has 0 bridgehead atoms. The molecule has 1 aliphatic carbocycles. The number of anilines is 3. The van der Waals surface area contributed by atoms with E-state index in [-0.39, 0.29) is 29.9 Å². The fourth-order valence-electron chi connectivity index (χ4n) is 4.38. The lowest BCUT2D eigenvalue weighted by Gasteiger charge is -2.36. The molecule has 4 heterocycles. The second kappa shape index (κ2) is 9.46. The van der Waals surface area contributed by atoms with Gasteiger partial charge in [-0.1, -0.05) is 0 Å². The number of pyridine rings is 3. The first-order valence-electron chi connectivity index (χ1n) is 11.9. The van der Waals surface area contributed by atoms with Crippen molar-refractivity contribution in [3.8, 4) is 0 Å². The van der Waals surface area contributed by atoms with Crippen LogP contribution in [0, 0.1) is 5.92 Å². The van der Waals surface area contributed by atoms with Crippen molar-refractivity contribution >= 4 is 45.7 Å². The molecule has 2 atom stereocenters. The minimum absolute atomic E-state index is 0.00344. The van der Waals surface area contributed by atoms with Crippen LogP contribution >= 0.6 is 0 Å². The number of amidine groups is 1. The van der Waals surface area contributed by atoms with Crippen molar-refractivity contribution < 1.29 is 9.53 Å². The molecule has 5 rings (SSSR count). The van der Waals surface area contributed by atoms with Gasteiger partial charge >= 0.3 is 0 Å². The number of nitrogens with zero attached hydrogens (tertiary/aromatic N) is 5. The first-order chi connectivity index (χ1) is 16.9. The Balaban J connectivity index is 1.43. The van der Waals surface area contributed by atoms with Crippen LogP contribution in [-0.2, 0) is 9.53 Å². The topological polar surface area (TPSA) is 131 Å². The minimum atomic E-state index is -0.00344. The Morgan fingerprint density at radius 1 is 1.09 bits per heavy atom. The summed E-state index contributed by atoms with van der Waals surface area (Å²) in [5.74, 6) is 2.01. The molecule has 0 spiro atoms. The number of nitrogens with two attached hydrogens (primary N) is 1. The average Bonchev–Trinajstić information content (AvgIpc) is 3.69. The summed E-state index contributed by atoms with van der Waals surface area (Å²) in [6.07, 6.45) is 7.35. The van der Waals surface area contributed by atoms with Crippen molar-refractivity contribution in [1.82, 2.24) is 15.0 Å². The molecule has 3 aromatic rings. The van der Waals surface area contributed by atoms with Crippen LogP contribution in [0.4, 0.5) is 23.1 Å². The second-order valence-corrected chi connectivity index (χ2v) is 9.18. The Morgan fingerprint density at radius 2 is 1.86 bits per heavy atom. The van der Waals surface area contributed by atoms with E-state index in [1.807, 2.05) is 24.4 Å². The van der Waals surface area contributed by atoms with Crippen LogP contribution in [0.3, 0.4) is 0 Å². The summed E-state index contributed by atoms with van der Waals surface area (Å²) in [5, 5.41) is 7.54. The highest BCUT2D eigenvalue weighted by Crippen LogP contribution is 2.31. The minimum Gasteiger partial charge on any atom is -0.383 e. The van der Waals surface area contributed by atoms with Gasteiger partial charge in [-0.2, -0.15) is 0 Å². The van der Waals surface area contributed by atoms with Gasteiger partial charge in [0, 0.05) is 54.8 Å². The molecule has 1 saturated heterocycles. The van der Waals surface area contributed by atoms with Crippen molar-refractivity contribution in [1.29, 1.82) is 0 Å². The van der Waals surface area contributed by atoms with Crippen molar-refractivity contribution in [3.05, 3.63) is 42.4 Å². The predicted octanol–water partition coefficient (Wildman–Crippen LogP) is 3.07. The first-order valence-corrected chi connectivity index (χ1v) is 11.9. The zero-order valence-corrected chi connectivity index (χ0v) is 20.2. The van der Waals surface area contributed by atoms with Crippen LogP contribution < -0.4 is 21.3 Å². The van der Waals surface area contributed by atoms with E-state index in [1.54, 1.807) is 19.4 Å². The van der Waals surface area contributed by atoms with E-state index in [9.17, 15) is 4.79 Å². The molecule has 1 aliphatic heterocycles. The number of hydrogen-bond donors (Lipinski definition) is 3. The van der Waals surface area contributed by atoms with Gasteiger partial charge in [0.15, 0.2) is 5.82 Å². The van der Waals surface area contributed by atoms with Gasteiger partial charge in [0.2, 0.25) is 5.91 Å². The number of rotatable bonds is 6. The number of ether oxygens (including phenoxy) is 1. The van der Waals surface area contributed by atoms with Gasteiger partial charge in [0.05, 0.1) is 24.1 Å². The standard InChI is InChI=1S/C25H30N8O2/c1-14-12-33(13-15(2)35-14)17-6-7-21(28-9-17)31-23(26)19-10-30-24(27-3)20-11-29-22(8-18(19)20)32-25(34)16-4-5-16/h6-11,14-16H,4-5,12-13H2,1-3H3,(H,27,30)(H2,26,28,31)(H,29,32,34)/t14-,15-/m1/s1. The maximum atomic E-state index is 12.2. The Bertz CT molecular complexity index is 1260. The Morgan fingerprint density at radius 3 is 2.51 bits per heavy atom. The molecule has 1 saturated carbocycles. The summed E-state index contributed by atoms with van der Waals surface area (Å²) in [4.78, 5) is 32.4. The molecule has 0 radical (unpaired) electrons. The van der Waals surface area contributed by atoms with E-state index in [4.69, 9.17) is 10.5 Å². The fraction of sp³-hybridized carbons (Fsp3) is 0.400. The van der Waals surface area contributed by atoms with Gasteiger partial charge < -0.3 is 26.0 Å². The SMILES string of the molecule is CNc1ncc(C(N)=Nc2ccc(N3C[C@@H](C)O[C@H](C)C3)cn2)c2cc(NC(=O)C3CC3)ncc12. The largest absolute Gasteiger partial charge is 0.383 e. The Kier molecular flexibility index (Phi) is 6.21. The summed E-state index contributed by atoms with van der Waals surface area (Å²) in [6, 6.07) is 5.67. The highest BCUT2D eigenvalue weighted by molar-refractivity contribution is 6.12. The normalized spacial score (nSPS) is 20.7. The lowest BCUT2D eigenvalue weighted by Crippen LogP contribution is -2.45. The molecule has 3 aromatic heterocycles. The van der Waals surface area contributed by atoms with Crippen molar-refractivity contribution in [3.63, 3.8) is 0 Å². The molecule has 35 heavy (non-hydrogen) atoms. The molecule has 0 unspecified atom stereocenters. The Labute approximate surface area is 204 Å². The Hall–Kier alpha value is -3.79. The predicted molar refractivity (Wildman–Crippen MR) is 137 cm³/mol. The average molecular weight is 475 g/mol. The van der Waals surface area contributed by atoms with E-state index in [0.29, 0.717) is 23.0 Å². The highest BCUT2D eigenvalue weighted by Gasteiger charge is 2.30. The summed E-state index contributed by atoms with van der Waals surface area (Å²) in [7, 11) is 1.79. The van der Waals surface area contributed by atoms with Crippen LogP contribution in [0.5, 0.6) is 0 Å². The van der Waals surface area contributed by atoms with Crippen LogP contribution in [0.15, 0.2) is 41.8 Å². The fourth-order valence-corrected chi connectivity index (χ4v) is 4.38. The van der Waals surface area contributed by atoms with E-state index < -0.39 is 0 Å². The van der Waals surface area contributed by atoms with Gasteiger partial charge in [0.25, 0.3) is 0 Å². The molecule has 4 N–H and O–H groups in total. The third-order valence-electron chi connectivity index (χ3n) is 6.24. The van der Waals surface area contributed by atoms with Gasteiger partial charge in [-0.15, -0.1) is 0 Å². The number of morpholine rings is 1. The third kappa shape index (κ3) is 5.02.